The number of hydroxylamine groups is 1. The maximum atomic E-state index is 11.5. The molecule has 1 heterocycles. The predicted octanol–water partition coefficient (Wildman–Crippen LogP) is -0.467. The van der Waals surface area contributed by atoms with Gasteiger partial charge < -0.3 is 4.18 Å². The lowest BCUT2D eigenvalue weighted by Crippen LogP contribution is -2.22. The summed E-state index contributed by atoms with van der Waals surface area (Å²) in [6, 6.07) is 0. The lowest BCUT2D eigenvalue weighted by molar-refractivity contribution is 0.0536. The number of amides is 1. The van der Waals surface area contributed by atoms with Crippen LogP contribution in [0, 0.1) is 0 Å². The molecular weight excluding hydrogens is 250 g/mol. The van der Waals surface area contributed by atoms with Crippen LogP contribution < -0.4 is 9.66 Å². The first kappa shape index (κ1) is 13.5. The van der Waals surface area contributed by atoms with E-state index >= 15 is 0 Å². The van der Waals surface area contributed by atoms with Crippen LogP contribution in [-0.2, 0) is 21.5 Å². The van der Waals surface area contributed by atoms with Gasteiger partial charge in [0.25, 0.3) is 11.8 Å². The summed E-state index contributed by atoms with van der Waals surface area (Å²) in [6.07, 6.45) is 2.24. The third kappa shape index (κ3) is 3.71. The van der Waals surface area contributed by atoms with E-state index in [0.29, 0.717) is 6.54 Å². The first-order chi connectivity index (χ1) is 7.87. The minimum atomic E-state index is -3.74. The van der Waals surface area contributed by atoms with E-state index in [9.17, 15) is 13.2 Å². The summed E-state index contributed by atoms with van der Waals surface area (Å²) in [5.41, 5.74) is 2.04. The molecule has 0 atom stereocenters. The smallest absolute Gasteiger partial charge is 0.307 e. The minimum Gasteiger partial charge on any atom is -0.359 e. The van der Waals surface area contributed by atoms with E-state index in [-0.39, 0.29) is 11.4 Å². The van der Waals surface area contributed by atoms with Crippen molar-refractivity contribution in [3.8, 4) is 5.88 Å². The van der Waals surface area contributed by atoms with E-state index in [1.807, 2.05) is 0 Å². The first-order valence-corrected chi connectivity index (χ1v) is 6.49. The van der Waals surface area contributed by atoms with Crippen molar-refractivity contribution in [1.29, 1.82) is 0 Å². The van der Waals surface area contributed by atoms with Crippen molar-refractivity contribution in [2.75, 3.05) is 13.4 Å². The van der Waals surface area contributed by atoms with Gasteiger partial charge >= 0.3 is 10.1 Å². The largest absolute Gasteiger partial charge is 0.359 e. The maximum absolute atomic E-state index is 11.5. The third-order valence-electron chi connectivity index (χ3n) is 1.72. The molecule has 1 aromatic rings. The molecule has 0 aliphatic rings. The van der Waals surface area contributed by atoms with Crippen LogP contribution in [0.3, 0.4) is 0 Å². The van der Waals surface area contributed by atoms with Crippen molar-refractivity contribution >= 4 is 16.0 Å². The summed E-state index contributed by atoms with van der Waals surface area (Å²) in [7, 11) is -2.48. The molecule has 8 nitrogen and oxygen atoms in total. The quantitative estimate of drug-likeness (QED) is 0.569. The fourth-order valence-electron chi connectivity index (χ4n) is 1.07. The Labute approximate surface area is 98.6 Å². The Balaban J connectivity index is 3.10. The average molecular weight is 263 g/mol. The van der Waals surface area contributed by atoms with Crippen LogP contribution in [0.15, 0.2) is 6.20 Å². The molecule has 0 bridgehead atoms. The fourth-order valence-corrected chi connectivity index (χ4v) is 1.48. The van der Waals surface area contributed by atoms with Crippen LogP contribution in [-0.4, -0.2) is 37.5 Å². The van der Waals surface area contributed by atoms with Crippen LogP contribution in [0.1, 0.15) is 17.3 Å². The molecule has 1 rings (SSSR count). The highest BCUT2D eigenvalue weighted by Crippen LogP contribution is 2.17. The summed E-state index contributed by atoms with van der Waals surface area (Å²) in [6.45, 7) is 2.26. The van der Waals surface area contributed by atoms with Gasteiger partial charge in [0.1, 0.15) is 5.56 Å². The summed E-state index contributed by atoms with van der Waals surface area (Å²) in [5, 5.41) is 3.82. The second kappa shape index (κ2) is 5.15. The Bertz CT molecular complexity index is 507. The topological polar surface area (TPSA) is 99.5 Å². The zero-order chi connectivity index (χ0) is 13.1. The molecule has 0 aliphatic carbocycles. The molecule has 0 aromatic carbocycles. The monoisotopic (exact) mass is 263 g/mol. The van der Waals surface area contributed by atoms with E-state index in [1.54, 1.807) is 6.92 Å². The van der Waals surface area contributed by atoms with Crippen LogP contribution in [0.4, 0.5) is 0 Å². The van der Waals surface area contributed by atoms with Crippen molar-refractivity contribution in [3.63, 3.8) is 0 Å². The van der Waals surface area contributed by atoms with Gasteiger partial charge in [-0.3, -0.25) is 14.3 Å². The van der Waals surface area contributed by atoms with Crippen molar-refractivity contribution in [3.05, 3.63) is 11.8 Å². The van der Waals surface area contributed by atoms with E-state index in [0.717, 1.165) is 6.26 Å². The van der Waals surface area contributed by atoms with Crippen LogP contribution in [0.5, 0.6) is 5.88 Å². The zero-order valence-corrected chi connectivity index (χ0v) is 10.4. The van der Waals surface area contributed by atoms with Gasteiger partial charge in [0.2, 0.25) is 0 Å². The molecule has 1 N–H and O–H groups in total. The Kier molecular flexibility index (Phi) is 4.07. The number of carbonyl (C=O) groups is 1. The molecule has 1 amide bonds. The highest BCUT2D eigenvalue weighted by atomic mass is 32.2. The Hall–Kier alpha value is -1.61. The van der Waals surface area contributed by atoms with E-state index < -0.39 is 16.0 Å². The van der Waals surface area contributed by atoms with Gasteiger partial charge in [-0.15, -0.1) is 5.10 Å². The first-order valence-electron chi connectivity index (χ1n) is 4.67. The van der Waals surface area contributed by atoms with Gasteiger partial charge in [-0.25, -0.2) is 5.48 Å². The fraction of sp³-hybridized carbons (Fsp3) is 0.500. The minimum absolute atomic E-state index is 0.0147. The molecular formula is C8H13N3O5S. The van der Waals surface area contributed by atoms with Gasteiger partial charge in [0.05, 0.1) is 13.4 Å². The Morgan fingerprint density at radius 3 is 2.71 bits per heavy atom. The molecule has 0 unspecified atom stereocenters. The van der Waals surface area contributed by atoms with Gasteiger partial charge in [-0.2, -0.15) is 8.42 Å². The highest BCUT2D eigenvalue weighted by Gasteiger charge is 2.20. The predicted molar refractivity (Wildman–Crippen MR) is 57.8 cm³/mol. The standard InChI is InChI=1S/C8H13N3O5S/c1-4-11-5-6(7(12)10-15-2)8(9-11)16-17(3,13)14/h5H,4H2,1-3H3,(H,10,12). The number of rotatable bonds is 5. The lowest BCUT2D eigenvalue weighted by atomic mass is 10.3. The lowest BCUT2D eigenvalue weighted by Gasteiger charge is -2.02. The van der Waals surface area contributed by atoms with E-state index in [2.05, 4.69) is 19.6 Å². The van der Waals surface area contributed by atoms with E-state index in [4.69, 9.17) is 0 Å². The van der Waals surface area contributed by atoms with Crippen LogP contribution in [0.2, 0.25) is 0 Å². The normalized spacial score (nSPS) is 11.2. The molecule has 9 heteroatoms. The summed E-state index contributed by atoms with van der Waals surface area (Å²) in [4.78, 5) is 16.0. The number of aromatic nitrogens is 2. The van der Waals surface area contributed by atoms with Crippen LogP contribution in [0.25, 0.3) is 0 Å². The van der Waals surface area contributed by atoms with Crippen molar-refractivity contribution in [2.24, 2.45) is 0 Å². The number of nitrogens with zero attached hydrogens (tertiary/aromatic N) is 2. The van der Waals surface area contributed by atoms with Crippen LogP contribution >= 0.6 is 0 Å². The van der Waals surface area contributed by atoms with Crippen molar-refractivity contribution in [1.82, 2.24) is 15.3 Å². The number of aryl methyl sites for hydroxylation is 1. The summed E-state index contributed by atoms with van der Waals surface area (Å²) < 4.78 is 28.0. The number of hydrogen-bond donors (Lipinski definition) is 1. The number of carbonyl (C=O) groups excluding carboxylic acids is 1. The molecule has 0 aliphatic heterocycles. The highest BCUT2D eigenvalue weighted by molar-refractivity contribution is 7.86. The zero-order valence-electron chi connectivity index (χ0n) is 9.63. The Morgan fingerprint density at radius 1 is 1.59 bits per heavy atom. The average Bonchev–Trinajstić information content (AvgIpc) is 2.58. The number of hydrogen-bond acceptors (Lipinski definition) is 6. The van der Waals surface area contributed by atoms with Crippen molar-refractivity contribution < 1.29 is 22.2 Å². The molecule has 17 heavy (non-hydrogen) atoms. The molecule has 96 valence electrons. The second-order valence-electron chi connectivity index (χ2n) is 3.13. The van der Waals surface area contributed by atoms with E-state index in [1.165, 1.54) is 18.0 Å². The molecule has 0 radical (unpaired) electrons. The molecule has 0 fully saturated rings. The third-order valence-corrected chi connectivity index (χ3v) is 2.18. The molecule has 0 spiro atoms. The SMILES string of the molecule is CCn1cc(C(=O)NOC)c(OS(C)(=O)=O)n1. The van der Waals surface area contributed by atoms with Gasteiger partial charge in [0.15, 0.2) is 0 Å². The maximum Gasteiger partial charge on any atom is 0.307 e. The van der Waals surface area contributed by atoms with Gasteiger partial charge in [0, 0.05) is 12.7 Å². The Morgan fingerprint density at radius 2 is 2.24 bits per heavy atom. The van der Waals surface area contributed by atoms with Gasteiger partial charge in [-0.05, 0) is 6.92 Å². The summed E-state index contributed by atoms with van der Waals surface area (Å²) in [5.74, 6) is -0.908. The van der Waals surface area contributed by atoms with Gasteiger partial charge in [-0.1, -0.05) is 0 Å². The molecule has 0 saturated carbocycles. The van der Waals surface area contributed by atoms with Crippen molar-refractivity contribution in [2.45, 2.75) is 13.5 Å². The summed E-state index contributed by atoms with van der Waals surface area (Å²) >= 11 is 0. The number of nitrogens with one attached hydrogen (secondary N) is 1. The molecule has 0 saturated heterocycles. The second-order valence-corrected chi connectivity index (χ2v) is 4.70. The molecule has 1 aromatic heterocycles.